The first-order valence-corrected chi connectivity index (χ1v) is 13.1. The number of hydrogen-bond donors (Lipinski definition) is 1. The van der Waals surface area contributed by atoms with Crippen LogP contribution in [0.1, 0.15) is 67.1 Å². The van der Waals surface area contributed by atoms with Crippen molar-refractivity contribution in [2.45, 2.75) is 77.4 Å². The quantitative estimate of drug-likeness (QED) is 0.507. The number of hydrogen-bond acceptors (Lipinski definition) is 4. The van der Waals surface area contributed by atoms with Gasteiger partial charge in [-0.2, -0.15) is 5.10 Å². The van der Waals surface area contributed by atoms with Crippen LogP contribution >= 0.6 is 11.3 Å². The van der Waals surface area contributed by atoms with E-state index in [1.807, 2.05) is 56.5 Å². The fraction of sp³-hybridized carbons (Fsp3) is 0.444. The Kier molecular flexibility index (Phi) is 6.06. The van der Waals surface area contributed by atoms with E-state index in [0.29, 0.717) is 12.2 Å². The lowest BCUT2D eigenvalue weighted by molar-refractivity contribution is -0.127. The van der Waals surface area contributed by atoms with Crippen LogP contribution in [0.2, 0.25) is 0 Å². The maximum absolute atomic E-state index is 14.0. The van der Waals surface area contributed by atoms with Crippen molar-refractivity contribution in [2.24, 2.45) is 0 Å². The molecular weight excluding hydrogens is 444 g/mol. The fourth-order valence-electron chi connectivity index (χ4n) is 5.32. The van der Waals surface area contributed by atoms with Crippen molar-refractivity contribution in [1.82, 2.24) is 15.1 Å². The molecule has 0 radical (unpaired) electrons. The zero-order valence-electron chi connectivity index (χ0n) is 20.1. The molecule has 3 heterocycles. The number of carbonyl (C=O) groups is 2. The van der Waals surface area contributed by atoms with Gasteiger partial charge in [-0.05, 0) is 62.8 Å². The highest BCUT2D eigenvalue weighted by Gasteiger charge is 2.49. The van der Waals surface area contributed by atoms with Crippen molar-refractivity contribution in [3.05, 3.63) is 58.6 Å². The molecule has 6 nitrogen and oxygen atoms in total. The molecule has 0 bridgehead atoms. The molecule has 2 aromatic heterocycles. The van der Waals surface area contributed by atoms with Crippen LogP contribution in [0.25, 0.3) is 10.6 Å². The Balaban J connectivity index is 1.57. The van der Waals surface area contributed by atoms with Crippen LogP contribution in [0.5, 0.6) is 0 Å². The lowest BCUT2D eigenvalue weighted by Crippen LogP contribution is -2.65. The molecule has 0 spiro atoms. The van der Waals surface area contributed by atoms with Gasteiger partial charge in [0, 0.05) is 11.7 Å². The first-order chi connectivity index (χ1) is 16.4. The minimum absolute atomic E-state index is 0.105. The van der Waals surface area contributed by atoms with Crippen LogP contribution in [0.15, 0.2) is 41.8 Å². The average molecular weight is 477 g/mol. The maximum atomic E-state index is 14.0. The third kappa shape index (κ3) is 4.06. The van der Waals surface area contributed by atoms with Gasteiger partial charge in [-0.1, -0.05) is 49.4 Å². The second-order valence-electron chi connectivity index (χ2n) is 9.92. The van der Waals surface area contributed by atoms with Crippen LogP contribution in [-0.2, 0) is 11.3 Å². The number of nitrogens with zero attached hydrogens (tertiary/aromatic N) is 3. The molecule has 1 aliphatic heterocycles. The van der Waals surface area contributed by atoms with Gasteiger partial charge in [-0.15, -0.1) is 11.3 Å². The minimum atomic E-state index is -1.09. The first-order valence-electron chi connectivity index (χ1n) is 12.2. The fourth-order valence-corrected chi connectivity index (χ4v) is 6.01. The molecule has 178 valence electrons. The van der Waals surface area contributed by atoms with Crippen LogP contribution in [0, 0.1) is 13.8 Å². The second-order valence-corrected chi connectivity index (χ2v) is 10.9. The Morgan fingerprint density at radius 3 is 2.56 bits per heavy atom. The van der Waals surface area contributed by atoms with E-state index in [9.17, 15) is 9.59 Å². The van der Waals surface area contributed by atoms with Gasteiger partial charge in [0.05, 0.1) is 11.4 Å². The number of nitrogens with one attached hydrogen (secondary N) is 1. The molecule has 2 aliphatic rings. The Morgan fingerprint density at radius 2 is 1.88 bits per heavy atom. The van der Waals surface area contributed by atoms with Gasteiger partial charge in [0.15, 0.2) is 0 Å². The topological polar surface area (TPSA) is 67.2 Å². The molecule has 1 aromatic carbocycles. The molecule has 2 amide bonds. The van der Waals surface area contributed by atoms with Crippen molar-refractivity contribution < 1.29 is 9.59 Å². The molecule has 1 unspecified atom stereocenters. The number of aryl methyl sites for hydroxylation is 2. The molecule has 7 heteroatoms. The minimum Gasteiger partial charge on any atom is -0.351 e. The van der Waals surface area contributed by atoms with Gasteiger partial charge < -0.3 is 5.32 Å². The van der Waals surface area contributed by atoms with Crippen LogP contribution in [-0.4, -0.2) is 33.2 Å². The molecule has 1 N–H and O–H groups in total. The van der Waals surface area contributed by atoms with Crippen LogP contribution in [0.3, 0.4) is 0 Å². The summed E-state index contributed by atoms with van der Waals surface area (Å²) >= 11 is 1.59. The van der Waals surface area contributed by atoms with E-state index in [1.54, 1.807) is 20.9 Å². The van der Waals surface area contributed by atoms with E-state index < -0.39 is 5.54 Å². The number of thiophene rings is 1. The van der Waals surface area contributed by atoms with Crippen molar-refractivity contribution >= 4 is 28.8 Å². The smallest absolute Gasteiger partial charge is 0.277 e. The van der Waals surface area contributed by atoms with Gasteiger partial charge >= 0.3 is 0 Å². The van der Waals surface area contributed by atoms with Crippen molar-refractivity contribution in [2.75, 3.05) is 4.90 Å². The number of rotatable bonds is 4. The standard InChI is InChI=1S/C27H32N4O2S/c1-18-12-13-22(19(2)15-18)31-25(32)23-16-21(24-11-8-14-34-24)29-30(23)17-27(31,3)26(33)28-20-9-6-4-5-7-10-20/h8,11-16,20H,4-7,9-10,17H2,1-3H3,(H,28,33). The second kappa shape index (κ2) is 9.02. The van der Waals surface area contributed by atoms with E-state index in [0.717, 1.165) is 53.1 Å². The summed E-state index contributed by atoms with van der Waals surface area (Å²) in [5, 5.41) is 10.1. The lowest BCUT2D eigenvalue weighted by atomic mass is 9.92. The molecule has 0 saturated heterocycles. The predicted molar refractivity (Wildman–Crippen MR) is 136 cm³/mol. The van der Waals surface area contributed by atoms with Gasteiger partial charge in [0.1, 0.15) is 16.9 Å². The van der Waals surface area contributed by atoms with Gasteiger partial charge in [-0.25, -0.2) is 0 Å². The number of benzene rings is 1. The third-order valence-electron chi connectivity index (χ3n) is 7.20. The summed E-state index contributed by atoms with van der Waals surface area (Å²) in [5.74, 6) is -0.293. The zero-order chi connectivity index (χ0) is 23.9. The number of aromatic nitrogens is 2. The predicted octanol–water partition coefficient (Wildman–Crippen LogP) is 5.49. The molecule has 1 atom stereocenters. The van der Waals surface area contributed by atoms with Crippen molar-refractivity contribution in [3.8, 4) is 10.6 Å². The molecular formula is C27H32N4O2S. The summed E-state index contributed by atoms with van der Waals surface area (Å²) in [6.45, 7) is 6.23. The molecule has 1 fully saturated rings. The number of fused-ring (bicyclic) bond motifs is 1. The Bertz CT molecular complexity index is 1210. The number of anilines is 1. The molecule has 1 aliphatic carbocycles. The summed E-state index contributed by atoms with van der Waals surface area (Å²) < 4.78 is 1.73. The normalized spacial score (nSPS) is 21.3. The zero-order valence-corrected chi connectivity index (χ0v) is 21.0. The average Bonchev–Trinajstić information content (AvgIpc) is 3.41. The van der Waals surface area contributed by atoms with E-state index in [4.69, 9.17) is 5.10 Å². The Labute approximate surface area is 205 Å². The van der Waals surface area contributed by atoms with Crippen molar-refractivity contribution in [1.29, 1.82) is 0 Å². The van der Waals surface area contributed by atoms with E-state index in [2.05, 4.69) is 11.4 Å². The van der Waals surface area contributed by atoms with Gasteiger partial charge in [0.25, 0.3) is 5.91 Å². The van der Waals surface area contributed by atoms with E-state index in [-0.39, 0.29) is 17.9 Å². The van der Waals surface area contributed by atoms with Crippen LogP contribution < -0.4 is 10.2 Å². The summed E-state index contributed by atoms with van der Waals surface area (Å²) in [6.07, 6.45) is 6.70. The summed E-state index contributed by atoms with van der Waals surface area (Å²) in [7, 11) is 0. The van der Waals surface area contributed by atoms with Crippen LogP contribution in [0.4, 0.5) is 5.69 Å². The Hall–Kier alpha value is -2.93. The maximum Gasteiger partial charge on any atom is 0.277 e. The SMILES string of the molecule is Cc1ccc(N2C(=O)c3cc(-c4cccs4)nn3CC2(C)C(=O)NC2CCCCCC2)c(C)c1. The monoisotopic (exact) mass is 476 g/mol. The van der Waals surface area contributed by atoms with Gasteiger partial charge in [-0.3, -0.25) is 19.2 Å². The highest BCUT2D eigenvalue weighted by atomic mass is 32.1. The summed E-state index contributed by atoms with van der Waals surface area (Å²) in [4.78, 5) is 30.6. The molecule has 3 aromatic rings. The summed E-state index contributed by atoms with van der Waals surface area (Å²) in [6, 6.07) is 12.0. The molecule has 1 saturated carbocycles. The number of carbonyl (C=O) groups excluding carboxylic acids is 2. The largest absolute Gasteiger partial charge is 0.351 e. The van der Waals surface area contributed by atoms with Crippen molar-refractivity contribution in [3.63, 3.8) is 0 Å². The first kappa shape index (κ1) is 22.8. The Morgan fingerprint density at radius 1 is 1.12 bits per heavy atom. The van der Waals surface area contributed by atoms with E-state index in [1.165, 1.54) is 12.8 Å². The number of amides is 2. The third-order valence-corrected chi connectivity index (χ3v) is 8.09. The molecule has 5 rings (SSSR count). The highest BCUT2D eigenvalue weighted by Crippen LogP contribution is 2.37. The lowest BCUT2D eigenvalue weighted by Gasteiger charge is -2.44. The molecule has 34 heavy (non-hydrogen) atoms. The van der Waals surface area contributed by atoms with Gasteiger partial charge in [0.2, 0.25) is 5.91 Å². The summed E-state index contributed by atoms with van der Waals surface area (Å²) in [5.41, 5.74) is 3.08. The van der Waals surface area contributed by atoms with E-state index >= 15 is 0 Å². The highest BCUT2D eigenvalue weighted by molar-refractivity contribution is 7.13.